The van der Waals surface area contributed by atoms with Gasteiger partial charge in [-0.1, -0.05) is 18.5 Å². The molecule has 0 saturated heterocycles. The van der Waals surface area contributed by atoms with E-state index in [2.05, 4.69) is 0 Å². The second kappa shape index (κ2) is 5.97. The van der Waals surface area contributed by atoms with E-state index in [4.69, 9.17) is 22.1 Å². The number of methoxy groups -OCH3 is 1. The topological polar surface area (TPSA) is 55.5 Å². The highest BCUT2D eigenvalue weighted by Gasteiger charge is 2.15. The Kier molecular flexibility index (Phi) is 4.90. The number of halogens is 1. The standard InChI is InChI=1S/C12H18ClNO2/c1-3-8-7-10(16-2)12(15)9(11(8)13)5-4-6-14/h7,15H,3-6,14H2,1-2H3. The van der Waals surface area contributed by atoms with Crippen molar-refractivity contribution in [2.75, 3.05) is 13.7 Å². The Balaban J connectivity index is 3.20. The molecule has 0 aliphatic heterocycles. The van der Waals surface area contributed by atoms with E-state index < -0.39 is 0 Å². The molecule has 0 aromatic heterocycles. The van der Waals surface area contributed by atoms with E-state index in [9.17, 15) is 5.11 Å². The predicted octanol–water partition coefficient (Wildman–Crippen LogP) is 2.51. The van der Waals surface area contributed by atoms with Crippen molar-refractivity contribution < 1.29 is 9.84 Å². The van der Waals surface area contributed by atoms with Crippen LogP contribution in [0.25, 0.3) is 0 Å². The van der Waals surface area contributed by atoms with Gasteiger partial charge in [0, 0.05) is 5.56 Å². The number of hydrogen-bond acceptors (Lipinski definition) is 3. The minimum atomic E-state index is 0.137. The molecule has 0 aliphatic carbocycles. The number of aromatic hydroxyl groups is 1. The van der Waals surface area contributed by atoms with Crippen molar-refractivity contribution in [1.29, 1.82) is 0 Å². The van der Waals surface area contributed by atoms with Gasteiger partial charge in [0.1, 0.15) is 0 Å². The summed E-state index contributed by atoms with van der Waals surface area (Å²) in [6.07, 6.45) is 2.28. The second-order valence-electron chi connectivity index (χ2n) is 3.62. The second-order valence-corrected chi connectivity index (χ2v) is 4.00. The predicted molar refractivity (Wildman–Crippen MR) is 66.4 cm³/mol. The molecule has 0 spiro atoms. The molecule has 1 rings (SSSR count). The van der Waals surface area contributed by atoms with Gasteiger partial charge in [-0.3, -0.25) is 0 Å². The van der Waals surface area contributed by atoms with Crippen LogP contribution in [-0.4, -0.2) is 18.8 Å². The number of aryl methyl sites for hydroxylation is 1. The molecule has 3 N–H and O–H groups in total. The summed E-state index contributed by atoms with van der Waals surface area (Å²) < 4.78 is 5.12. The quantitative estimate of drug-likeness (QED) is 0.836. The van der Waals surface area contributed by atoms with Crippen LogP contribution >= 0.6 is 11.6 Å². The molecule has 0 aliphatic rings. The summed E-state index contributed by atoms with van der Waals surface area (Å²) in [6.45, 7) is 2.60. The van der Waals surface area contributed by atoms with Gasteiger partial charge in [0.25, 0.3) is 0 Å². The molecular formula is C12H18ClNO2. The molecule has 0 radical (unpaired) electrons. The van der Waals surface area contributed by atoms with Crippen LogP contribution in [0.5, 0.6) is 11.5 Å². The van der Waals surface area contributed by atoms with Crippen LogP contribution in [0.3, 0.4) is 0 Å². The van der Waals surface area contributed by atoms with Crippen molar-refractivity contribution in [2.45, 2.75) is 26.2 Å². The number of phenols is 1. The van der Waals surface area contributed by atoms with Crippen molar-refractivity contribution in [3.63, 3.8) is 0 Å². The fourth-order valence-corrected chi connectivity index (χ4v) is 2.03. The highest BCUT2D eigenvalue weighted by Crippen LogP contribution is 2.38. The van der Waals surface area contributed by atoms with Crippen LogP contribution in [0, 0.1) is 0 Å². The molecule has 0 unspecified atom stereocenters. The van der Waals surface area contributed by atoms with Crippen LogP contribution in [0.2, 0.25) is 5.02 Å². The molecule has 0 fully saturated rings. The Bertz CT molecular complexity index is 338. The van der Waals surface area contributed by atoms with E-state index in [0.717, 1.165) is 24.0 Å². The fraction of sp³-hybridized carbons (Fsp3) is 0.500. The molecule has 0 amide bonds. The number of ether oxygens (including phenoxy) is 1. The Morgan fingerprint density at radius 2 is 2.19 bits per heavy atom. The average Bonchev–Trinajstić information content (AvgIpc) is 2.29. The van der Waals surface area contributed by atoms with E-state index in [0.29, 0.717) is 23.7 Å². The maximum Gasteiger partial charge on any atom is 0.162 e. The minimum Gasteiger partial charge on any atom is -0.504 e. The van der Waals surface area contributed by atoms with E-state index in [1.54, 1.807) is 6.07 Å². The lowest BCUT2D eigenvalue weighted by Crippen LogP contribution is -2.02. The van der Waals surface area contributed by atoms with E-state index in [-0.39, 0.29) is 5.75 Å². The zero-order chi connectivity index (χ0) is 12.1. The molecule has 0 atom stereocenters. The first-order valence-electron chi connectivity index (χ1n) is 5.42. The summed E-state index contributed by atoms with van der Waals surface area (Å²) >= 11 is 6.22. The lowest BCUT2D eigenvalue weighted by atomic mass is 10.0. The lowest BCUT2D eigenvalue weighted by Gasteiger charge is -2.14. The third-order valence-corrected chi connectivity index (χ3v) is 3.07. The van der Waals surface area contributed by atoms with Gasteiger partial charge in [-0.05, 0) is 37.4 Å². The van der Waals surface area contributed by atoms with Crippen molar-refractivity contribution >= 4 is 11.6 Å². The normalized spacial score (nSPS) is 10.5. The summed E-state index contributed by atoms with van der Waals surface area (Å²) in [5.74, 6) is 0.617. The van der Waals surface area contributed by atoms with E-state index in [1.165, 1.54) is 7.11 Å². The van der Waals surface area contributed by atoms with Gasteiger partial charge in [-0.25, -0.2) is 0 Å². The summed E-state index contributed by atoms with van der Waals surface area (Å²) in [4.78, 5) is 0. The zero-order valence-corrected chi connectivity index (χ0v) is 10.5. The largest absolute Gasteiger partial charge is 0.504 e. The molecule has 0 bridgehead atoms. The zero-order valence-electron chi connectivity index (χ0n) is 9.72. The van der Waals surface area contributed by atoms with Crippen molar-refractivity contribution in [1.82, 2.24) is 0 Å². The van der Waals surface area contributed by atoms with Gasteiger partial charge < -0.3 is 15.6 Å². The first-order valence-corrected chi connectivity index (χ1v) is 5.80. The Hall–Kier alpha value is -0.930. The van der Waals surface area contributed by atoms with Crippen molar-refractivity contribution in [2.24, 2.45) is 5.73 Å². The number of benzene rings is 1. The Morgan fingerprint density at radius 3 is 2.69 bits per heavy atom. The highest BCUT2D eigenvalue weighted by molar-refractivity contribution is 6.32. The van der Waals surface area contributed by atoms with Gasteiger partial charge in [0.15, 0.2) is 11.5 Å². The molecule has 0 heterocycles. The van der Waals surface area contributed by atoms with Crippen molar-refractivity contribution in [3.05, 3.63) is 22.2 Å². The number of hydrogen-bond donors (Lipinski definition) is 2. The van der Waals surface area contributed by atoms with Crippen LogP contribution in [-0.2, 0) is 12.8 Å². The summed E-state index contributed by atoms with van der Waals surface area (Å²) in [7, 11) is 1.54. The molecule has 1 aromatic carbocycles. The first kappa shape index (κ1) is 13.1. The number of phenolic OH excluding ortho intramolecular Hbond substituents is 1. The minimum absolute atomic E-state index is 0.137. The third kappa shape index (κ3) is 2.60. The number of rotatable bonds is 5. The molecular weight excluding hydrogens is 226 g/mol. The molecule has 16 heavy (non-hydrogen) atoms. The first-order chi connectivity index (χ1) is 7.65. The maximum absolute atomic E-state index is 9.97. The van der Waals surface area contributed by atoms with Crippen LogP contribution in [0.15, 0.2) is 6.07 Å². The average molecular weight is 244 g/mol. The van der Waals surface area contributed by atoms with Gasteiger partial charge >= 0.3 is 0 Å². The summed E-state index contributed by atoms with van der Waals surface area (Å²) in [5, 5.41) is 10.6. The molecule has 3 nitrogen and oxygen atoms in total. The highest BCUT2D eigenvalue weighted by atomic mass is 35.5. The monoisotopic (exact) mass is 243 g/mol. The maximum atomic E-state index is 9.97. The lowest BCUT2D eigenvalue weighted by molar-refractivity contribution is 0.370. The summed E-state index contributed by atoms with van der Waals surface area (Å²) in [6, 6.07) is 1.78. The fourth-order valence-electron chi connectivity index (χ4n) is 1.66. The van der Waals surface area contributed by atoms with Crippen LogP contribution in [0.4, 0.5) is 0 Å². The molecule has 90 valence electrons. The molecule has 1 aromatic rings. The Labute approximate surface area is 101 Å². The van der Waals surface area contributed by atoms with Gasteiger partial charge in [-0.15, -0.1) is 0 Å². The van der Waals surface area contributed by atoms with E-state index >= 15 is 0 Å². The molecule has 0 saturated carbocycles. The van der Waals surface area contributed by atoms with Gasteiger partial charge in [-0.2, -0.15) is 0 Å². The number of nitrogens with two attached hydrogens (primary N) is 1. The van der Waals surface area contributed by atoms with Crippen molar-refractivity contribution in [3.8, 4) is 11.5 Å². The SMILES string of the molecule is CCc1cc(OC)c(O)c(CCCN)c1Cl. The van der Waals surface area contributed by atoms with Gasteiger partial charge in [0.05, 0.1) is 12.1 Å². The molecule has 4 heteroatoms. The third-order valence-electron chi connectivity index (χ3n) is 2.60. The van der Waals surface area contributed by atoms with E-state index in [1.807, 2.05) is 6.92 Å². The Morgan fingerprint density at radius 1 is 1.50 bits per heavy atom. The summed E-state index contributed by atoms with van der Waals surface area (Å²) in [5.41, 5.74) is 7.19. The van der Waals surface area contributed by atoms with Crippen LogP contribution in [0.1, 0.15) is 24.5 Å². The smallest absolute Gasteiger partial charge is 0.162 e. The van der Waals surface area contributed by atoms with Crippen LogP contribution < -0.4 is 10.5 Å². The van der Waals surface area contributed by atoms with Gasteiger partial charge in [0.2, 0.25) is 0 Å².